The van der Waals surface area contributed by atoms with Crippen LogP contribution in [0.2, 0.25) is 0 Å². The molecule has 13 heavy (non-hydrogen) atoms. The fourth-order valence-electron chi connectivity index (χ4n) is 2.73. The van der Waals surface area contributed by atoms with E-state index in [0.717, 1.165) is 17.9 Å². The lowest BCUT2D eigenvalue weighted by Gasteiger charge is -2.24. The molecule has 0 amide bonds. The second kappa shape index (κ2) is 3.97. The highest BCUT2D eigenvalue weighted by Crippen LogP contribution is 2.29. The van der Waals surface area contributed by atoms with Crippen molar-refractivity contribution < 1.29 is 0 Å². The number of hydrogen-bond donors (Lipinski definition) is 1. The van der Waals surface area contributed by atoms with Gasteiger partial charge in [0.15, 0.2) is 0 Å². The second-order valence-corrected chi connectivity index (χ2v) is 4.72. The number of nitrogens with zero attached hydrogens (tertiary/aromatic N) is 1. The molecule has 2 rings (SSSR count). The summed E-state index contributed by atoms with van der Waals surface area (Å²) in [7, 11) is 0. The Morgan fingerprint density at radius 2 is 2.15 bits per heavy atom. The molecule has 1 N–H and O–H groups in total. The molecule has 3 atom stereocenters. The van der Waals surface area contributed by atoms with Gasteiger partial charge in [0, 0.05) is 19.1 Å². The van der Waals surface area contributed by atoms with E-state index >= 15 is 0 Å². The molecule has 2 aliphatic rings. The highest BCUT2D eigenvalue weighted by atomic mass is 15.2. The minimum Gasteiger partial charge on any atom is -0.316 e. The number of rotatable bonds is 2. The molecule has 0 spiro atoms. The number of hydrogen-bond acceptors (Lipinski definition) is 2. The highest BCUT2D eigenvalue weighted by Gasteiger charge is 2.35. The van der Waals surface area contributed by atoms with Crippen molar-refractivity contribution >= 4 is 0 Å². The first-order valence-electron chi connectivity index (χ1n) is 5.76. The molecule has 3 unspecified atom stereocenters. The van der Waals surface area contributed by atoms with Crippen LogP contribution in [0.5, 0.6) is 0 Å². The normalized spacial score (nSPS) is 37.4. The summed E-state index contributed by atoms with van der Waals surface area (Å²) in [5, 5.41) is 3.51. The number of likely N-dealkylation sites (tertiary alicyclic amines) is 1. The lowest BCUT2D eigenvalue weighted by atomic mass is 9.90. The fourth-order valence-corrected chi connectivity index (χ4v) is 2.73. The van der Waals surface area contributed by atoms with Gasteiger partial charge < -0.3 is 10.2 Å². The van der Waals surface area contributed by atoms with Crippen molar-refractivity contribution in [3.63, 3.8) is 0 Å². The van der Waals surface area contributed by atoms with Crippen LogP contribution in [-0.2, 0) is 0 Å². The first-order valence-corrected chi connectivity index (χ1v) is 5.76. The van der Waals surface area contributed by atoms with E-state index in [9.17, 15) is 0 Å². The molecule has 2 heterocycles. The number of fused-ring (bicyclic) bond motifs is 1. The van der Waals surface area contributed by atoms with Crippen LogP contribution in [0.15, 0.2) is 0 Å². The van der Waals surface area contributed by atoms with E-state index < -0.39 is 0 Å². The third kappa shape index (κ3) is 1.89. The van der Waals surface area contributed by atoms with Crippen LogP contribution < -0.4 is 5.32 Å². The van der Waals surface area contributed by atoms with Crippen molar-refractivity contribution in [3.8, 4) is 0 Å². The SMILES string of the molecule is CCC(C)N1CC2CCNCC2C1. The average Bonchev–Trinajstić information content (AvgIpc) is 2.59. The molecule has 0 radical (unpaired) electrons. The molecular weight excluding hydrogens is 160 g/mol. The molecule has 76 valence electrons. The van der Waals surface area contributed by atoms with Gasteiger partial charge in [-0.15, -0.1) is 0 Å². The Labute approximate surface area is 81.7 Å². The Bertz CT molecular complexity index is 155. The Hall–Kier alpha value is -0.0800. The Kier molecular flexibility index (Phi) is 2.89. The van der Waals surface area contributed by atoms with Crippen LogP contribution in [-0.4, -0.2) is 37.1 Å². The van der Waals surface area contributed by atoms with Gasteiger partial charge in [-0.05, 0) is 44.7 Å². The number of nitrogens with one attached hydrogen (secondary N) is 1. The van der Waals surface area contributed by atoms with Gasteiger partial charge in [-0.3, -0.25) is 0 Å². The van der Waals surface area contributed by atoms with Crippen LogP contribution in [0.4, 0.5) is 0 Å². The van der Waals surface area contributed by atoms with E-state index in [0.29, 0.717) is 0 Å². The van der Waals surface area contributed by atoms with Crippen LogP contribution in [0.25, 0.3) is 0 Å². The molecule has 0 aromatic heterocycles. The van der Waals surface area contributed by atoms with Crippen molar-refractivity contribution in [3.05, 3.63) is 0 Å². The minimum absolute atomic E-state index is 0.797. The summed E-state index contributed by atoms with van der Waals surface area (Å²) in [6, 6.07) is 0.797. The quantitative estimate of drug-likeness (QED) is 0.693. The van der Waals surface area contributed by atoms with Crippen LogP contribution in [0.3, 0.4) is 0 Å². The maximum absolute atomic E-state index is 3.51. The molecule has 2 saturated heterocycles. The standard InChI is InChI=1S/C11H22N2/c1-3-9(2)13-7-10-4-5-12-6-11(10)8-13/h9-12H,3-8H2,1-2H3. The van der Waals surface area contributed by atoms with E-state index in [4.69, 9.17) is 0 Å². The zero-order valence-electron chi connectivity index (χ0n) is 8.92. The molecular formula is C11H22N2. The van der Waals surface area contributed by atoms with Gasteiger partial charge in [0.1, 0.15) is 0 Å². The van der Waals surface area contributed by atoms with E-state index in [-0.39, 0.29) is 0 Å². The van der Waals surface area contributed by atoms with E-state index in [1.54, 1.807) is 0 Å². The second-order valence-electron chi connectivity index (χ2n) is 4.72. The third-order valence-electron chi connectivity index (χ3n) is 3.92. The van der Waals surface area contributed by atoms with Gasteiger partial charge in [-0.2, -0.15) is 0 Å². The summed E-state index contributed by atoms with van der Waals surface area (Å²) < 4.78 is 0. The Balaban J connectivity index is 1.91. The van der Waals surface area contributed by atoms with Gasteiger partial charge in [-0.1, -0.05) is 6.92 Å². The summed E-state index contributed by atoms with van der Waals surface area (Å²) in [5.74, 6) is 1.94. The predicted octanol–water partition coefficient (Wildman–Crippen LogP) is 1.33. The van der Waals surface area contributed by atoms with Gasteiger partial charge in [0.05, 0.1) is 0 Å². The van der Waals surface area contributed by atoms with Crippen molar-refractivity contribution in [2.45, 2.75) is 32.7 Å². The van der Waals surface area contributed by atoms with Gasteiger partial charge in [0.2, 0.25) is 0 Å². The summed E-state index contributed by atoms with van der Waals surface area (Å²) in [4.78, 5) is 2.68. The molecule has 0 aromatic carbocycles. The van der Waals surface area contributed by atoms with Crippen molar-refractivity contribution in [1.29, 1.82) is 0 Å². The van der Waals surface area contributed by atoms with Crippen LogP contribution in [0, 0.1) is 11.8 Å². The Morgan fingerprint density at radius 3 is 2.85 bits per heavy atom. The maximum Gasteiger partial charge on any atom is 0.00645 e. The third-order valence-corrected chi connectivity index (χ3v) is 3.92. The lowest BCUT2D eigenvalue weighted by molar-refractivity contribution is 0.241. The zero-order chi connectivity index (χ0) is 9.26. The summed E-state index contributed by atoms with van der Waals surface area (Å²) in [6.07, 6.45) is 2.70. The maximum atomic E-state index is 3.51. The molecule has 0 aliphatic carbocycles. The predicted molar refractivity (Wildman–Crippen MR) is 55.8 cm³/mol. The summed E-state index contributed by atoms with van der Waals surface area (Å²) >= 11 is 0. The average molecular weight is 182 g/mol. The first kappa shape index (κ1) is 9.47. The molecule has 0 bridgehead atoms. The summed E-state index contributed by atoms with van der Waals surface area (Å²) in [6.45, 7) is 9.87. The van der Waals surface area contributed by atoms with Gasteiger partial charge >= 0.3 is 0 Å². The smallest absolute Gasteiger partial charge is 0.00645 e. The monoisotopic (exact) mass is 182 g/mol. The minimum atomic E-state index is 0.797. The lowest BCUT2D eigenvalue weighted by Crippen LogP contribution is -2.35. The topological polar surface area (TPSA) is 15.3 Å². The van der Waals surface area contributed by atoms with E-state index in [2.05, 4.69) is 24.1 Å². The van der Waals surface area contributed by atoms with Crippen molar-refractivity contribution in [2.24, 2.45) is 11.8 Å². The zero-order valence-corrected chi connectivity index (χ0v) is 8.92. The van der Waals surface area contributed by atoms with Crippen LogP contribution in [0.1, 0.15) is 26.7 Å². The van der Waals surface area contributed by atoms with E-state index in [1.807, 2.05) is 0 Å². The molecule has 0 saturated carbocycles. The number of piperidine rings is 1. The first-order chi connectivity index (χ1) is 6.31. The van der Waals surface area contributed by atoms with Crippen molar-refractivity contribution in [1.82, 2.24) is 10.2 Å². The molecule has 2 nitrogen and oxygen atoms in total. The Morgan fingerprint density at radius 1 is 1.38 bits per heavy atom. The molecule has 2 aliphatic heterocycles. The molecule has 0 aromatic rings. The largest absolute Gasteiger partial charge is 0.316 e. The summed E-state index contributed by atoms with van der Waals surface area (Å²) in [5.41, 5.74) is 0. The molecule has 2 fully saturated rings. The fraction of sp³-hybridized carbons (Fsp3) is 1.00. The van der Waals surface area contributed by atoms with Gasteiger partial charge in [0.25, 0.3) is 0 Å². The van der Waals surface area contributed by atoms with E-state index in [1.165, 1.54) is 39.0 Å². The highest BCUT2D eigenvalue weighted by molar-refractivity contribution is 4.90. The van der Waals surface area contributed by atoms with Crippen LogP contribution >= 0.6 is 0 Å². The van der Waals surface area contributed by atoms with Crippen molar-refractivity contribution in [2.75, 3.05) is 26.2 Å². The van der Waals surface area contributed by atoms with Gasteiger partial charge in [-0.25, -0.2) is 0 Å². The molecule has 2 heteroatoms.